The standard InChI is InChI=1S/C19H25N5O2/c1-2-22-18(15-7-5-10-20-12-15)21-24(19(22)26)13-17(25)23-11-9-14-6-3-4-8-16(14)23/h3-4,6,8,15,20H,2,5,7,9-13H2,1H3. The van der Waals surface area contributed by atoms with Crippen LogP contribution in [0.25, 0.3) is 0 Å². The molecule has 0 saturated carbocycles. The first-order valence-corrected chi connectivity index (χ1v) is 9.45. The van der Waals surface area contributed by atoms with Gasteiger partial charge < -0.3 is 10.2 Å². The van der Waals surface area contributed by atoms with Crippen molar-refractivity contribution in [3.05, 3.63) is 46.1 Å². The Hall–Kier alpha value is -2.41. The zero-order chi connectivity index (χ0) is 18.1. The fraction of sp³-hybridized carbons (Fsp3) is 0.526. The molecule has 0 radical (unpaired) electrons. The molecule has 1 amide bonds. The first-order chi connectivity index (χ1) is 12.7. The number of anilines is 1. The molecule has 1 N–H and O–H groups in total. The predicted molar refractivity (Wildman–Crippen MR) is 99.5 cm³/mol. The maximum Gasteiger partial charge on any atom is 0.346 e. The van der Waals surface area contributed by atoms with Gasteiger partial charge in [-0.25, -0.2) is 9.48 Å². The van der Waals surface area contributed by atoms with E-state index in [1.54, 1.807) is 9.47 Å². The number of carbonyl (C=O) groups is 1. The van der Waals surface area contributed by atoms with Crippen molar-refractivity contribution >= 4 is 11.6 Å². The molecule has 4 rings (SSSR count). The van der Waals surface area contributed by atoms with Gasteiger partial charge in [-0.3, -0.25) is 9.36 Å². The monoisotopic (exact) mass is 355 g/mol. The quantitative estimate of drug-likeness (QED) is 0.892. The Morgan fingerprint density at radius 2 is 2.19 bits per heavy atom. The first-order valence-electron chi connectivity index (χ1n) is 9.45. The molecule has 1 unspecified atom stereocenters. The smallest absolute Gasteiger partial charge is 0.316 e. The number of rotatable bonds is 4. The van der Waals surface area contributed by atoms with Crippen molar-refractivity contribution in [1.82, 2.24) is 19.7 Å². The van der Waals surface area contributed by atoms with E-state index in [-0.39, 0.29) is 24.1 Å². The molecule has 1 aromatic carbocycles. The van der Waals surface area contributed by atoms with E-state index in [0.29, 0.717) is 13.1 Å². The summed E-state index contributed by atoms with van der Waals surface area (Å²) in [5.74, 6) is 0.964. The molecule has 0 spiro atoms. The molecule has 138 valence electrons. The lowest BCUT2D eigenvalue weighted by Gasteiger charge is -2.21. The zero-order valence-corrected chi connectivity index (χ0v) is 15.1. The van der Waals surface area contributed by atoms with Gasteiger partial charge in [-0.2, -0.15) is 5.10 Å². The van der Waals surface area contributed by atoms with Crippen LogP contribution in [0.3, 0.4) is 0 Å². The molecular formula is C19H25N5O2. The summed E-state index contributed by atoms with van der Waals surface area (Å²) in [7, 11) is 0. The second-order valence-electron chi connectivity index (χ2n) is 7.01. The molecule has 2 aliphatic heterocycles. The van der Waals surface area contributed by atoms with Crippen molar-refractivity contribution in [2.75, 3.05) is 24.5 Å². The van der Waals surface area contributed by atoms with Gasteiger partial charge in [-0.1, -0.05) is 18.2 Å². The number of piperidine rings is 1. The van der Waals surface area contributed by atoms with Crippen molar-refractivity contribution in [2.45, 2.75) is 45.2 Å². The van der Waals surface area contributed by atoms with Crippen LogP contribution in [0.15, 0.2) is 29.1 Å². The van der Waals surface area contributed by atoms with Crippen LogP contribution in [-0.2, 0) is 24.3 Å². The fourth-order valence-corrected chi connectivity index (χ4v) is 4.04. The summed E-state index contributed by atoms with van der Waals surface area (Å²) in [6.07, 6.45) is 2.97. The Morgan fingerprint density at radius 1 is 1.35 bits per heavy atom. The Morgan fingerprint density at radius 3 is 2.96 bits per heavy atom. The second kappa shape index (κ2) is 7.07. The highest BCUT2D eigenvalue weighted by Crippen LogP contribution is 2.27. The molecule has 26 heavy (non-hydrogen) atoms. The van der Waals surface area contributed by atoms with Crippen LogP contribution < -0.4 is 15.9 Å². The molecular weight excluding hydrogens is 330 g/mol. The molecule has 2 aliphatic rings. The van der Waals surface area contributed by atoms with Crippen LogP contribution in [0.4, 0.5) is 5.69 Å². The van der Waals surface area contributed by atoms with Gasteiger partial charge in [0.05, 0.1) is 0 Å². The summed E-state index contributed by atoms with van der Waals surface area (Å²) >= 11 is 0. The third kappa shape index (κ3) is 2.96. The number of carbonyl (C=O) groups excluding carboxylic acids is 1. The van der Waals surface area contributed by atoms with Crippen LogP contribution in [0.2, 0.25) is 0 Å². The molecule has 7 nitrogen and oxygen atoms in total. The number of fused-ring (bicyclic) bond motifs is 1. The average Bonchev–Trinajstić information content (AvgIpc) is 3.24. The molecule has 1 atom stereocenters. The molecule has 1 saturated heterocycles. The van der Waals surface area contributed by atoms with E-state index in [4.69, 9.17) is 0 Å². The van der Waals surface area contributed by atoms with Gasteiger partial charge >= 0.3 is 5.69 Å². The third-order valence-electron chi connectivity index (χ3n) is 5.40. The number of amides is 1. The summed E-state index contributed by atoms with van der Waals surface area (Å²) in [5.41, 5.74) is 1.95. The number of hydrogen-bond acceptors (Lipinski definition) is 4. The van der Waals surface area contributed by atoms with Crippen molar-refractivity contribution in [3.63, 3.8) is 0 Å². The number of hydrogen-bond donors (Lipinski definition) is 1. The number of nitrogens with zero attached hydrogens (tertiary/aromatic N) is 4. The van der Waals surface area contributed by atoms with E-state index in [1.165, 1.54) is 10.2 Å². The maximum atomic E-state index is 12.8. The second-order valence-corrected chi connectivity index (χ2v) is 7.01. The molecule has 2 aromatic rings. The Kier molecular flexibility index (Phi) is 4.63. The van der Waals surface area contributed by atoms with Crippen LogP contribution in [0.5, 0.6) is 0 Å². The minimum atomic E-state index is -0.186. The summed E-state index contributed by atoms with van der Waals surface area (Å²) in [5, 5.41) is 7.92. The molecule has 3 heterocycles. The van der Waals surface area contributed by atoms with Gasteiger partial charge in [0.15, 0.2) is 0 Å². The molecule has 7 heteroatoms. The summed E-state index contributed by atoms with van der Waals surface area (Å²) in [4.78, 5) is 27.3. The summed E-state index contributed by atoms with van der Waals surface area (Å²) in [6, 6.07) is 7.95. The van der Waals surface area contributed by atoms with Crippen molar-refractivity contribution in [1.29, 1.82) is 0 Å². The van der Waals surface area contributed by atoms with Crippen molar-refractivity contribution < 1.29 is 4.79 Å². The van der Waals surface area contributed by atoms with E-state index in [0.717, 1.165) is 43.9 Å². The molecule has 0 aliphatic carbocycles. The minimum Gasteiger partial charge on any atom is -0.316 e. The first kappa shape index (κ1) is 17.0. The van der Waals surface area contributed by atoms with Crippen molar-refractivity contribution in [3.8, 4) is 0 Å². The molecule has 1 aromatic heterocycles. The number of aromatic nitrogens is 3. The number of benzene rings is 1. The fourth-order valence-electron chi connectivity index (χ4n) is 4.04. The van der Waals surface area contributed by atoms with Crippen LogP contribution >= 0.6 is 0 Å². The summed E-state index contributed by atoms with van der Waals surface area (Å²) in [6.45, 7) is 5.04. The van der Waals surface area contributed by atoms with Crippen molar-refractivity contribution in [2.24, 2.45) is 0 Å². The van der Waals surface area contributed by atoms with E-state index < -0.39 is 0 Å². The largest absolute Gasteiger partial charge is 0.346 e. The Balaban J connectivity index is 1.58. The molecule has 0 bridgehead atoms. The van der Waals surface area contributed by atoms with E-state index in [1.807, 2.05) is 25.1 Å². The van der Waals surface area contributed by atoms with E-state index >= 15 is 0 Å². The van der Waals surface area contributed by atoms with E-state index in [2.05, 4.69) is 16.5 Å². The van der Waals surface area contributed by atoms with Gasteiger partial charge in [0, 0.05) is 31.2 Å². The highest BCUT2D eigenvalue weighted by atomic mass is 16.2. The SMILES string of the molecule is CCn1c(C2CCCNC2)nn(CC(=O)N2CCc3ccccc32)c1=O. The van der Waals surface area contributed by atoms with Gasteiger partial charge in [-0.05, 0) is 44.4 Å². The van der Waals surface area contributed by atoms with Crippen LogP contribution in [0, 0.1) is 0 Å². The van der Waals surface area contributed by atoms with E-state index in [9.17, 15) is 9.59 Å². The zero-order valence-electron chi connectivity index (χ0n) is 15.1. The Bertz CT molecular complexity index is 863. The van der Waals surface area contributed by atoms with Gasteiger partial charge in [0.25, 0.3) is 0 Å². The van der Waals surface area contributed by atoms with Gasteiger partial charge in [0.2, 0.25) is 5.91 Å². The van der Waals surface area contributed by atoms with Gasteiger partial charge in [-0.15, -0.1) is 0 Å². The Labute approximate surface area is 152 Å². The van der Waals surface area contributed by atoms with Crippen LogP contribution in [0.1, 0.15) is 37.1 Å². The number of para-hydroxylation sites is 1. The maximum absolute atomic E-state index is 12.8. The normalized spacial score (nSPS) is 19.6. The van der Waals surface area contributed by atoms with Gasteiger partial charge in [0.1, 0.15) is 12.4 Å². The highest BCUT2D eigenvalue weighted by Gasteiger charge is 2.27. The topological polar surface area (TPSA) is 72.2 Å². The predicted octanol–water partition coefficient (Wildman–Crippen LogP) is 1.12. The summed E-state index contributed by atoms with van der Waals surface area (Å²) < 4.78 is 3.06. The lowest BCUT2D eigenvalue weighted by Crippen LogP contribution is -2.36. The number of nitrogens with one attached hydrogen (secondary N) is 1. The average molecular weight is 355 g/mol. The lowest BCUT2D eigenvalue weighted by molar-refractivity contribution is -0.119. The molecule has 1 fully saturated rings. The van der Waals surface area contributed by atoms with Crippen LogP contribution in [-0.4, -0.2) is 39.9 Å². The minimum absolute atomic E-state index is 0.00663. The third-order valence-corrected chi connectivity index (χ3v) is 5.40. The highest BCUT2D eigenvalue weighted by molar-refractivity contribution is 5.95. The lowest BCUT2D eigenvalue weighted by atomic mass is 9.99.